The molecule has 50 heavy (non-hydrogen) atoms. The summed E-state index contributed by atoms with van der Waals surface area (Å²) >= 11 is 0. The molecule has 5 fully saturated rings. The number of allylic oxidation sites excluding steroid dienone is 4. The Morgan fingerprint density at radius 2 is 1.88 bits per heavy atom. The average Bonchev–Trinajstić information content (AvgIpc) is 3.66. The van der Waals surface area contributed by atoms with Gasteiger partial charge in [0, 0.05) is 6.42 Å². The number of imidazole rings is 1. The summed E-state index contributed by atoms with van der Waals surface area (Å²) in [6.45, 7) is 8.42. The van der Waals surface area contributed by atoms with Crippen molar-refractivity contribution in [3.8, 4) is 0 Å². The molecule has 4 saturated carbocycles. The minimum atomic E-state index is -1.32. The van der Waals surface area contributed by atoms with Crippen LogP contribution in [0.15, 0.2) is 53.9 Å². The molecule has 2 aromatic heterocycles. The molecule has 5 aliphatic rings. The highest BCUT2D eigenvalue weighted by atomic mass is 19.1. The van der Waals surface area contributed by atoms with Crippen LogP contribution in [0.3, 0.4) is 0 Å². The van der Waals surface area contributed by atoms with Crippen molar-refractivity contribution in [2.75, 3.05) is 12.3 Å². The normalized spacial score (nSPS) is 37.3. The van der Waals surface area contributed by atoms with E-state index < -0.39 is 49.4 Å². The predicted molar refractivity (Wildman–Crippen MR) is 184 cm³/mol. The fourth-order valence-corrected chi connectivity index (χ4v) is 8.83. The molecule has 11 atom stereocenters. The lowest BCUT2D eigenvalue weighted by Crippen LogP contribution is -2.35. The second-order valence-electron chi connectivity index (χ2n) is 15.2. The lowest BCUT2D eigenvalue weighted by Gasteiger charge is -2.44. The predicted octanol–water partition coefficient (Wildman–Crippen LogP) is 3.25. The van der Waals surface area contributed by atoms with Gasteiger partial charge in [-0.15, -0.1) is 0 Å². The van der Waals surface area contributed by atoms with Crippen molar-refractivity contribution in [3.63, 3.8) is 0 Å². The van der Waals surface area contributed by atoms with Crippen LogP contribution < -0.4 is 5.73 Å². The zero-order chi connectivity index (χ0) is 35.9. The summed E-state index contributed by atoms with van der Waals surface area (Å²) in [7, 11) is 0. The van der Waals surface area contributed by atoms with E-state index >= 15 is 0 Å². The first-order valence-electron chi connectivity index (χ1n) is 17.9. The number of aliphatic hydroxyl groups is 6. The van der Waals surface area contributed by atoms with Crippen LogP contribution >= 0.6 is 0 Å². The number of anilines is 1. The maximum absolute atomic E-state index is 13.2. The first kappa shape index (κ1) is 36.7. The zero-order valence-electron chi connectivity index (χ0n) is 28.9. The van der Waals surface area contributed by atoms with E-state index in [1.54, 1.807) is 0 Å². The third-order valence-electron chi connectivity index (χ3n) is 11.9. The summed E-state index contributed by atoms with van der Waals surface area (Å²) in [6, 6.07) is 0. The number of aromatic nitrogens is 4. The van der Waals surface area contributed by atoms with Gasteiger partial charge in [0.25, 0.3) is 0 Å². The average molecular weight is 698 g/mol. The number of nitrogens with two attached hydrogens (primary N) is 1. The van der Waals surface area contributed by atoms with Crippen LogP contribution in [0.1, 0.15) is 77.9 Å². The summed E-state index contributed by atoms with van der Waals surface area (Å²) in [5, 5.41) is 59.1. The summed E-state index contributed by atoms with van der Waals surface area (Å²) in [6.07, 6.45) is 12.5. The molecule has 2 aromatic rings. The molecule has 7 rings (SSSR count). The molecule has 12 nitrogen and oxygen atoms in total. The van der Waals surface area contributed by atoms with Crippen LogP contribution in [0.2, 0.25) is 0 Å². The van der Waals surface area contributed by atoms with Crippen LogP contribution in [0.4, 0.5) is 10.2 Å². The number of hydrogen-bond donors (Lipinski definition) is 7. The van der Waals surface area contributed by atoms with Crippen molar-refractivity contribution < 1.29 is 39.8 Å². The van der Waals surface area contributed by atoms with Gasteiger partial charge >= 0.3 is 6.08 Å². The third kappa shape index (κ3) is 7.32. The summed E-state index contributed by atoms with van der Waals surface area (Å²) < 4.78 is 19.8. The fraction of sp³-hybridized carbons (Fsp3) is 0.649. The molecular formula is C37H52FN5O7. The second kappa shape index (κ2) is 14.9. The Labute approximate surface area is 291 Å². The van der Waals surface area contributed by atoms with E-state index in [4.69, 9.17) is 15.6 Å². The van der Waals surface area contributed by atoms with Crippen molar-refractivity contribution >= 4 is 17.0 Å². The Hall–Kier alpha value is -3.04. The number of aliphatic hydroxyl groups excluding tert-OH is 6. The van der Waals surface area contributed by atoms with Gasteiger partial charge < -0.3 is 41.1 Å². The van der Waals surface area contributed by atoms with E-state index in [-0.39, 0.29) is 23.1 Å². The highest BCUT2D eigenvalue weighted by Crippen LogP contribution is 2.59. The van der Waals surface area contributed by atoms with E-state index in [9.17, 15) is 29.9 Å². The van der Waals surface area contributed by atoms with Gasteiger partial charge in [-0.2, -0.15) is 14.4 Å². The van der Waals surface area contributed by atoms with E-state index in [1.165, 1.54) is 55.0 Å². The van der Waals surface area contributed by atoms with E-state index in [0.29, 0.717) is 41.9 Å². The molecule has 274 valence electrons. The van der Waals surface area contributed by atoms with Gasteiger partial charge in [0.05, 0.1) is 31.2 Å². The van der Waals surface area contributed by atoms with Crippen LogP contribution in [-0.2, 0) is 4.74 Å². The van der Waals surface area contributed by atoms with Gasteiger partial charge in [0.1, 0.15) is 18.3 Å². The third-order valence-corrected chi connectivity index (χ3v) is 11.9. The molecule has 0 bridgehead atoms. The van der Waals surface area contributed by atoms with E-state index in [1.807, 2.05) is 0 Å². The molecule has 4 aliphatic carbocycles. The molecule has 0 amide bonds. The van der Waals surface area contributed by atoms with Gasteiger partial charge in [-0.25, -0.2) is 4.98 Å². The number of hydrogen-bond acceptors (Lipinski definition) is 11. The molecule has 13 heteroatoms. The van der Waals surface area contributed by atoms with E-state index in [0.717, 1.165) is 17.6 Å². The first-order valence-corrected chi connectivity index (χ1v) is 17.9. The Bertz CT molecular complexity index is 1640. The number of nitrogens with zero attached hydrogens (tertiary/aromatic N) is 4. The molecule has 0 spiro atoms. The van der Waals surface area contributed by atoms with Crippen LogP contribution in [0.5, 0.6) is 0 Å². The van der Waals surface area contributed by atoms with Crippen molar-refractivity contribution in [2.45, 2.75) is 114 Å². The smallest absolute Gasteiger partial charge is 0.312 e. The number of halogens is 1. The SMILES string of the molecule is C=C1/C(=C\C=C2/CCC[C@]3(C)[C@@H]([C@H](C)/C=C/[C@@H](O)C4CC4)CC[C@@H]23)C[C@@H](O)C[C@@H]1O.Nc1nc(F)nc2c1ncn2[C@@H]1O[C@H](CO)[C@@H](O)[C@@H]1O. The van der Waals surface area contributed by atoms with Gasteiger partial charge in [0.15, 0.2) is 23.2 Å². The van der Waals surface area contributed by atoms with Crippen molar-refractivity contribution in [1.82, 2.24) is 19.5 Å². The van der Waals surface area contributed by atoms with Crippen molar-refractivity contribution in [2.24, 2.45) is 29.1 Å². The molecule has 0 radical (unpaired) electrons. The number of rotatable bonds is 7. The van der Waals surface area contributed by atoms with Gasteiger partial charge in [-0.3, -0.25) is 4.57 Å². The zero-order valence-corrected chi connectivity index (χ0v) is 28.9. The molecule has 0 unspecified atom stereocenters. The Balaban J connectivity index is 0.000000187. The van der Waals surface area contributed by atoms with Crippen LogP contribution in [0.25, 0.3) is 11.2 Å². The first-order chi connectivity index (χ1) is 23.8. The topological polar surface area (TPSA) is 200 Å². The maximum atomic E-state index is 13.2. The summed E-state index contributed by atoms with van der Waals surface area (Å²) in [5.41, 5.74) is 9.34. The standard InChI is InChI=1S/C27H40O3.C10H12FN5O4/c1-17(6-13-25(29)20-8-9-20)23-11-12-24-19(5-4-14-27(23,24)3)7-10-21-15-22(28)16-26(30)18(21)2;11-10-14-7(12)4-8(15-10)16(2-13-4)9-6(19)5(18)3(1-17)20-9/h6-7,10,13,17,20,22-26,28-30H,2,4-5,8-9,11-12,14-16H2,1,3H3;2-3,5-6,9,17-19H,1H2,(H2,12,14,15)/b13-6+,19-7+,21-10-;/t17-,22-,23-,24+,25-,26+,27-;3-,5-,6+,9-/m11/s1. The number of ether oxygens (including phenoxy) is 1. The van der Waals surface area contributed by atoms with Crippen molar-refractivity contribution in [3.05, 3.63) is 60.0 Å². The summed E-state index contributed by atoms with van der Waals surface area (Å²) in [5.74, 6) is 2.13. The number of fused-ring (bicyclic) bond motifs is 2. The maximum Gasteiger partial charge on any atom is 0.312 e. The van der Waals surface area contributed by atoms with Crippen LogP contribution in [0, 0.1) is 35.2 Å². The highest BCUT2D eigenvalue weighted by molar-refractivity contribution is 5.81. The largest absolute Gasteiger partial charge is 0.394 e. The van der Waals surface area contributed by atoms with E-state index in [2.05, 4.69) is 59.7 Å². The Morgan fingerprint density at radius 1 is 1.12 bits per heavy atom. The van der Waals surface area contributed by atoms with Gasteiger partial charge in [-0.05, 0) is 91.6 Å². The molecule has 3 heterocycles. The fourth-order valence-electron chi connectivity index (χ4n) is 8.83. The molecular weight excluding hydrogens is 645 g/mol. The lowest BCUT2D eigenvalue weighted by molar-refractivity contribution is -0.0511. The monoisotopic (exact) mass is 697 g/mol. The highest BCUT2D eigenvalue weighted by Gasteiger charge is 2.50. The van der Waals surface area contributed by atoms with Crippen LogP contribution in [-0.4, -0.2) is 93.4 Å². The molecule has 1 saturated heterocycles. The van der Waals surface area contributed by atoms with Gasteiger partial charge in [-0.1, -0.05) is 50.3 Å². The van der Waals surface area contributed by atoms with Gasteiger partial charge in [0.2, 0.25) is 0 Å². The Kier molecular flexibility index (Phi) is 10.9. The summed E-state index contributed by atoms with van der Waals surface area (Å²) in [4.78, 5) is 10.8. The van der Waals surface area contributed by atoms with Crippen molar-refractivity contribution in [1.29, 1.82) is 0 Å². The molecule has 0 aromatic carbocycles. The minimum Gasteiger partial charge on any atom is -0.394 e. The lowest BCUT2D eigenvalue weighted by atomic mass is 9.61. The molecule has 1 aliphatic heterocycles. The minimum absolute atomic E-state index is 0.0323. The Morgan fingerprint density at radius 3 is 2.58 bits per heavy atom. The molecule has 8 N–H and O–H groups in total. The number of nitrogen functional groups attached to an aromatic ring is 1. The quantitative estimate of drug-likeness (QED) is 0.166. The second-order valence-corrected chi connectivity index (χ2v) is 15.2.